The Balaban J connectivity index is 2.62. The van der Waals surface area contributed by atoms with Crippen molar-refractivity contribution in [2.24, 2.45) is 0 Å². The maximum absolute atomic E-state index is 10.2. The van der Waals surface area contributed by atoms with E-state index in [1.807, 2.05) is 13.0 Å². The first kappa shape index (κ1) is 14.4. The molecule has 0 spiro atoms. The summed E-state index contributed by atoms with van der Waals surface area (Å²) in [6.45, 7) is 6.22. The van der Waals surface area contributed by atoms with Gasteiger partial charge in [0.25, 0.3) is 0 Å². The molecular formula is C18H22O2. The summed E-state index contributed by atoms with van der Waals surface area (Å²) in [4.78, 5) is 0. The number of hydrogen-bond acceptors (Lipinski definition) is 2. The Hall–Kier alpha value is -1.96. The first-order chi connectivity index (χ1) is 9.60. The minimum atomic E-state index is 0.154. The van der Waals surface area contributed by atoms with Crippen molar-refractivity contribution in [2.75, 3.05) is 0 Å². The second kappa shape index (κ2) is 6.00. The summed E-state index contributed by atoms with van der Waals surface area (Å²) in [7, 11) is 0. The van der Waals surface area contributed by atoms with Gasteiger partial charge in [0, 0.05) is 0 Å². The first-order valence-electron chi connectivity index (χ1n) is 7.27. The molecule has 0 amide bonds. The molecule has 0 aliphatic rings. The van der Waals surface area contributed by atoms with Crippen LogP contribution in [-0.2, 0) is 19.3 Å². The molecule has 0 unspecified atom stereocenters. The molecule has 0 aliphatic carbocycles. The Bertz CT molecular complexity index is 592. The fourth-order valence-corrected chi connectivity index (χ4v) is 2.55. The van der Waals surface area contributed by atoms with E-state index in [1.54, 1.807) is 12.1 Å². The van der Waals surface area contributed by atoms with E-state index in [1.165, 1.54) is 5.56 Å². The van der Waals surface area contributed by atoms with Gasteiger partial charge in [-0.15, -0.1) is 0 Å². The van der Waals surface area contributed by atoms with Crippen molar-refractivity contribution in [3.63, 3.8) is 0 Å². The molecule has 0 radical (unpaired) electrons. The van der Waals surface area contributed by atoms with Crippen molar-refractivity contribution in [1.29, 1.82) is 0 Å². The molecule has 0 aliphatic heterocycles. The van der Waals surface area contributed by atoms with Crippen molar-refractivity contribution < 1.29 is 10.2 Å². The summed E-state index contributed by atoms with van der Waals surface area (Å²) in [6, 6.07) is 9.69. The number of benzene rings is 2. The second-order valence-electron chi connectivity index (χ2n) is 5.06. The van der Waals surface area contributed by atoms with Crippen molar-refractivity contribution in [2.45, 2.75) is 40.0 Å². The molecule has 0 aromatic heterocycles. The van der Waals surface area contributed by atoms with Gasteiger partial charge in [-0.1, -0.05) is 39.0 Å². The Labute approximate surface area is 120 Å². The Kier molecular flexibility index (Phi) is 4.33. The van der Waals surface area contributed by atoms with Gasteiger partial charge in [-0.05, 0) is 53.6 Å². The molecule has 0 bridgehead atoms. The van der Waals surface area contributed by atoms with Crippen LogP contribution >= 0.6 is 0 Å². The molecule has 0 heterocycles. The molecule has 0 atom stereocenters. The monoisotopic (exact) mass is 270 g/mol. The van der Waals surface area contributed by atoms with Gasteiger partial charge in [0.1, 0.15) is 11.5 Å². The number of rotatable bonds is 4. The minimum absolute atomic E-state index is 0.154. The molecule has 20 heavy (non-hydrogen) atoms. The first-order valence-corrected chi connectivity index (χ1v) is 7.27. The highest BCUT2D eigenvalue weighted by molar-refractivity contribution is 5.79. The fourth-order valence-electron chi connectivity index (χ4n) is 2.55. The van der Waals surface area contributed by atoms with Crippen molar-refractivity contribution in [1.82, 2.24) is 0 Å². The van der Waals surface area contributed by atoms with Gasteiger partial charge in [-0.2, -0.15) is 0 Å². The Morgan fingerprint density at radius 3 is 1.85 bits per heavy atom. The number of phenols is 2. The highest BCUT2D eigenvalue weighted by Gasteiger charge is 2.14. The largest absolute Gasteiger partial charge is 0.507 e. The predicted octanol–water partition coefficient (Wildman–Crippen LogP) is 4.45. The lowest BCUT2D eigenvalue weighted by Gasteiger charge is -2.14. The van der Waals surface area contributed by atoms with Crippen LogP contribution in [-0.4, -0.2) is 10.2 Å². The quantitative estimate of drug-likeness (QED) is 0.861. The van der Waals surface area contributed by atoms with Crippen LogP contribution in [0.4, 0.5) is 0 Å². The summed E-state index contributed by atoms with van der Waals surface area (Å²) in [5, 5.41) is 20.5. The van der Waals surface area contributed by atoms with E-state index >= 15 is 0 Å². The Morgan fingerprint density at radius 1 is 0.750 bits per heavy atom. The number of aryl methyl sites for hydroxylation is 3. The number of hydrogen-bond donors (Lipinski definition) is 2. The van der Waals surface area contributed by atoms with E-state index in [2.05, 4.69) is 26.0 Å². The van der Waals surface area contributed by atoms with Crippen LogP contribution in [0.5, 0.6) is 11.5 Å². The SMILES string of the molecule is CCc1cc(O)c(-c2ccc(CC)cc2CC)c(O)c1. The van der Waals surface area contributed by atoms with Crippen LogP contribution in [0.3, 0.4) is 0 Å². The Morgan fingerprint density at radius 2 is 1.35 bits per heavy atom. The maximum atomic E-state index is 10.2. The summed E-state index contributed by atoms with van der Waals surface area (Å²) in [6.07, 6.45) is 2.65. The van der Waals surface area contributed by atoms with Gasteiger partial charge in [-0.25, -0.2) is 0 Å². The molecular weight excluding hydrogens is 248 g/mol. The summed E-state index contributed by atoms with van der Waals surface area (Å²) in [5.74, 6) is 0.307. The summed E-state index contributed by atoms with van der Waals surface area (Å²) >= 11 is 0. The topological polar surface area (TPSA) is 40.5 Å². The van der Waals surface area contributed by atoms with Gasteiger partial charge < -0.3 is 10.2 Å². The highest BCUT2D eigenvalue weighted by Crippen LogP contribution is 2.40. The standard InChI is InChI=1S/C18H22O2/c1-4-12-7-8-15(14(6-3)9-12)18-16(19)10-13(5-2)11-17(18)20/h7-11,19-20H,4-6H2,1-3H3. The third-order valence-electron chi connectivity index (χ3n) is 3.79. The third-order valence-corrected chi connectivity index (χ3v) is 3.79. The van der Waals surface area contributed by atoms with Crippen LogP contribution in [0.25, 0.3) is 11.1 Å². The zero-order valence-electron chi connectivity index (χ0n) is 12.4. The van der Waals surface area contributed by atoms with Gasteiger partial charge in [0.05, 0.1) is 5.56 Å². The van der Waals surface area contributed by atoms with Crippen LogP contribution in [0.15, 0.2) is 30.3 Å². The van der Waals surface area contributed by atoms with Crippen LogP contribution in [0, 0.1) is 0 Å². The van der Waals surface area contributed by atoms with Gasteiger partial charge in [0.2, 0.25) is 0 Å². The molecule has 2 nitrogen and oxygen atoms in total. The van der Waals surface area contributed by atoms with E-state index in [-0.39, 0.29) is 11.5 Å². The van der Waals surface area contributed by atoms with Crippen molar-refractivity contribution >= 4 is 0 Å². The number of aromatic hydroxyl groups is 2. The van der Waals surface area contributed by atoms with Crippen LogP contribution in [0.2, 0.25) is 0 Å². The van der Waals surface area contributed by atoms with Crippen LogP contribution < -0.4 is 0 Å². The lowest BCUT2D eigenvalue weighted by atomic mass is 9.93. The van der Waals surface area contributed by atoms with E-state index in [9.17, 15) is 10.2 Å². The lowest BCUT2D eigenvalue weighted by molar-refractivity contribution is 0.453. The van der Waals surface area contributed by atoms with Crippen molar-refractivity contribution in [3.8, 4) is 22.6 Å². The average molecular weight is 270 g/mol. The molecule has 2 heteroatoms. The zero-order chi connectivity index (χ0) is 14.7. The van der Waals surface area contributed by atoms with Gasteiger partial charge in [-0.3, -0.25) is 0 Å². The van der Waals surface area contributed by atoms with E-state index in [4.69, 9.17) is 0 Å². The average Bonchev–Trinajstić information content (AvgIpc) is 2.46. The molecule has 0 saturated heterocycles. The smallest absolute Gasteiger partial charge is 0.127 e. The van der Waals surface area contributed by atoms with E-state index in [0.29, 0.717) is 5.56 Å². The molecule has 0 saturated carbocycles. The summed E-state index contributed by atoms with van der Waals surface area (Å²) in [5.41, 5.74) is 4.82. The minimum Gasteiger partial charge on any atom is -0.507 e. The van der Waals surface area contributed by atoms with Gasteiger partial charge in [0.15, 0.2) is 0 Å². The van der Waals surface area contributed by atoms with Crippen LogP contribution in [0.1, 0.15) is 37.5 Å². The predicted molar refractivity (Wildman–Crippen MR) is 83.3 cm³/mol. The molecule has 2 rings (SSSR count). The highest BCUT2D eigenvalue weighted by atomic mass is 16.3. The van der Waals surface area contributed by atoms with E-state index in [0.717, 1.165) is 36.0 Å². The third kappa shape index (κ3) is 2.64. The number of phenolic OH excluding ortho intramolecular Hbond substituents is 2. The maximum Gasteiger partial charge on any atom is 0.127 e. The molecule has 0 fully saturated rings. The fraction of sp³-hybridized carbons (Fsp3) is 0.333. The molecule has 2 N–H and O–H groups in total. The van der Waals surface area contributed by atoms with Crippen molar-refractivity contribution in [3.05, 3.63) is 47.0 Å². The molecule has 2 aromatic carbocycles. The summed E-state index contributed by atoms with van der Waals surface area (Å²) < 4.78 is 0. The van der Waals surface area contributed by atoms with E-state index < -0.39 is 0 Å². The van der Waals surface area contributed by atoms with Gasteiger partial charge >= 0.3 is 0 Å². The zero-order valence-corrected chi connectivity index (χ0v) is 12.4. The second-order valence-corrected chi connectivity index (χ2v) is 5.06. The lowest BCUT2D eigenvalue weighted by Crippen LogP contribution is -1.93. The molecule has 106 valence electrons. The normalized spacial score (nSPS) is 10.8. The molecule has 2 aromatic rings.